The highest BCUT2D eigenvalue weighted by Crippen LogP contribution is 2.30. The van der Waals surface area contributed by atoms with Crippen molar-refractivity contribution < 1.29 is 23.8 Å². The standard InChI is InChI=1S/C27H35NO5/c1-5-6-7-8-9-23(18-25(30)20-10-12-24(31-2)13-11-20)28-15-14-21-16-26(32-3)27(33-4)17-22(21)19-29/h10-13,16-19,28H,5-9,14-15H2,1-4H3/b23-18-. The zero-order chi connectivity index (χ0) is 24.1. The molecule has 0 atom stereocenters. The maximum Gasteiger partial charge on any atom is 0.187 e. The van der Waals surface area contributed by atoms with Gasteiger partial charge in [-0.2, -0.15) is 0 Å². The van der Waals surface area contributed by atoms with Gasteiger partial charge in [-0.15, -0.1) is 0 Å². The van der Waals surface area contributed by atoms with Crippen molar-refractivity contribution in [1.82, 2.24) is 5.32 Å². The van der Waals surface area contributed by atoms with Crippen molar-refractivity contribution in [3.8, 4) is 17.2 Å². The summed E-state index contributed by atoms with van der Waals surface area (Å²) in [7, 11) is 4.72. The Morgan fingerprint density at radius 2 is 1.64 bits per heavy atom. The number of carbonyl (C=O) groups excluding carboxylic acids is 2. The Morgan fingerprint density at radius 1 is 0.939 bits per heavy atom. The number of carbonyl (C=O) groups is 2. The van der Waals surface area contributed by atoms with Crippen molar-refractivity contribution in [3.05, 3.63) is 64.9 Å². The molecule has 0 aliphatic rings. The molecule has 0 saturated heterocycles. The van der Waals surface area contributed by atoms with Crippen molar-refractivity contribution in [1.29, 1.82) is 0 Å². The van der Waals surface area contributed by atoms with Crippen LogP contribution in [-0.4, -0.2) is 39.9 Å². The third kappa shape index (κ3) is 7.97. The van der Waals surface area contributed by atoms with Gasteiger partial charge in [0.1, 0.15) is 12.0 Å². The molecule has 0 bridgehead atoms. The zero-order valence-electron chi connectivity index (χ0n) is 20.1. The van der Waals surface area contributed by atoms with Gasteiger partial charge in [-0.05, 0) is 61.2 Å². The van der Waals surface area contributed by atoms with E-state index in [1.165, 1.54) is 6.42 Å². The van der Waals surface area contributed by atoms with Crippen LogP contribution in [0, 0.1) is 0 Å². The average Bonchev–Trinajstić information content (AvgIpc) is 2.85. The van der Waals surface area contributed by atoms with Gasteiger partial charge in [0.2, 0.25) is 0 Å². The summed E-state index contributed by atoms with van der Waals surface area (Å²) in [5.74, 6) is 1.78. The fourth-order valence-corrected chi connectivity index (χ4v) is 3.57. The lowest BCUT2D eigenvalue weighted by Gasteiger charge is -2.14. The van der Waals surface area contributed by atoms with E-state index >= 15 is 0 Å². The minimum Gasteiger partial charge on any atom is -0.497 e. The third-order valence-corrected chi connectivity index (χ3v) is 5.50. The number of unbranched alkanes of at least 4 members (excludes halogenated alkanes) is 3. The molecule has 1 N–H and O–H groups in total. The van der Waals surface area contributed by atoms with Gasteiger partial charge in [0.05, 0.1) is 21.3 Å². The zero-order valence-corrected chi connectivity index (χ0v) is 20.1. The van der Waals surface area contributed by atoms with E-state index in [1.54, 1.807) is 57.7 Å². The monoisotopic (exact) mass is 453 g/mol. The molecule has 0 unspecified atom stereocenters. The second-order valence-electron chi connectivity index (χ2n) is 7.77. The fraction of sp³-hybridized carbons (Fsp3) is 0.407. The number of hydrogen-bond donors (Lipinski definition) is 1. The highest BCUT2D eigenvalue weighted by molar-refractivity contribution is 6.04. The number of ether oxygens (including phenoxy) is 3. The molecule has 0 amide bonds. The van der Waals surface area contributed by atoms with Gasteiger partial charge in [-0.25, -0.2) is 0 Å². The first kappa shape index (κ1) is 26.0. The van der Waals surface area contributed by atoms with Gasteiger partial charge >= 0.3 is 0 Å². The molecule has 178 valence electrons. The summed E-state index contributed by atoms with van der Waals surface area (Å²) in [6, 6.07) is 10.6. The summed E-state index contributed by atoms with van der Waals surface area (Å²) in [5.41, 5.74) is 2.95. The molecular formula is C27H35NO5. The number of benzene rings is 2. The van der Waals surface area contributed by atoms with Crippen molar-refractivity contribution in [2.75, 3.05) is 27.9 Å². The quantitative estimate of drug-likeness (QED) is 0.169. The smallest absolute Gasteiger partial charge is 0.187 e. The van der Waals surface area contributed by atoms with Gasteiger partial charge in [0.25, 0.3) is 0 Å². The van der Waals surface area contributed by atoms with Crippen LogP contribution in [0.25, 0.3) is 0 Å². The van der Waals surface area contributed by atoms with Crippen LogP contribution in [-0.2, 0) is 6.42 Å². The number of ketones is 1. The largest absolute Gasteiger partial charge is 0.497 e. The number of aldehydes is 1. The molecule has 2 rings (SSSR count). The number of rotatable bonds is 15. The molecule has 0 saturated carbocycles. The highest BCUT2D eigenvalue weighted by atomic mass is 16.5. The van der Waals surface area contributed by atoms with Crippen molar-refractivity contribution in [2.45, 2.75) is 45.4 Å². The van der Waals surface area contributed by atoms with Crippen LogP contribution in [0.4, 0.5) is 0 Å². The molecule has 0 heterocycles. The first-order valence-electron chi connectivity index (χ1n) is 11.4. The maximum absolute atomic E-state index is 12.8. The van der Waals surface area contributed by atoms with Crippen LogP contribution in [0.5, 0.6) is 17.2 Å². The average molecular weight is 454 g/mol. The minimum absolute atomic E-state index is 0.0460. The molecule has 0 radical (unpaired) electrons. The van der Waals surface area contributed by atoms with Crippen LogP contribution in [0.3, 0.4) is 0 Å². The highest BCUT2D eigenvalue weighted by Gasteiger charge is 2.11. The third-order valence-electron chi connectivity index (χ3n) is 5.50. The molecule has 33 heavy (non-hydrogen) atoms. The first-order valence-corrected chi connectivity index (χ1v) is 11.4. The number of hydrogen-bond acceptors (Lipinski definition) is 6. The van der Waals surface area contributed by atoms with Crippen LogP contribution in [0.2, 0.25) is 0 Å². The molecule has 0 aliphatic heterocycles. The van der Waals surface area contributed by atoms with Crippen molar-refractivity contribution in [3.63, 3.8) is 0 Å². The summed E-state index contributed by atoms with van der Waals surface area (Å²) in [6.45, 7) is 2.77. The number of nitrogens with one attached hydrogen (secondary N) is 1. The molecule has 0 aromatic heterocycles. The lowest BCUT2D eigenvalue weighted by molar-refractivity contribution is 0.104. The Bertz CT molecular complexity index is 934. The van der Waals surface area contributed by atoms with E-state index in [0.717, 1.165) is 43.2 Å². The molecular weight excluding hydrogens is 418 g/mol. The number of methoxy groups -OCH3 is 3. The summed E-state index contributed by atoms with van der Waals surface area (Å²) in [5, 5.41) is 3.41. The predicted octanol–water partition coefficient (Wildman–Crippen LogP) is 5.39. The van der Waals surface area contributed by atoms with Crippen LogP contribution < -0.4 is 19.5 Å². The Morgan fingerprint density at radius 3 is 2.24 bits per heavy atom. The van der Waals surface area contributed by atoms with Crippen LogP contribution in [0.1, 0.15) is 65.3 Å². The van der Waals surface area contributed by atoms with Crippen LogP contribution >= 0.6 is 0 Å². The van der Waals surface area contributed by atoms with E-state index in [9.17, 15) is 9.59 Å². The molecule has 0 spiro atoms. The van der Waals surface area contributed by atoms with Crippen LogP contribution in [0.15, 0.2) is 48.2 Å². The van der Waals surface area contributed by atoms with Gasteiger partial charge in [-0.3, -0.25) is 9.59 Å². The maximum atomic E-state index is 12.8. The van der Waals surface area contributed by atoms with Gasteiger partial charge in [-0.1, -0.05) is 26.2 Å². The lowest BCUT2D eigenvalue weighted by Crippen LogP contribution is -2.19. The lowest BCUT2D eigenvalue weighted by atomic mass is 10.0. The van der Waals surface area contributed by atoms with Gasteiger partial charge in [0, 0.05) is 29.4 Å². The summed E-state index contributed by atoms with van der Waals surface area (Å²) in [4.78, 5) is 24.4. The van der Waals surface area contributed by atoms with Gasteiger partial charge in [0.15, 0.2) is 17.3 Å². The van der Waals surface area contributed by atoms with E-state index in [4.69, 9.17) is 14.2 Å². The molecule has 2 aromatic carbocycles. The molecule has 6 nitrogen and oxygen atoms in total. The van der Waals surface area contributed by atoms with Gasteiger partial charge < -0.3 is 19.5 Å². The van der Waals surface area contributed by atoms with E-state index in [0.29, 0.717) is 41.3 Å². The van der Waals surface area contributed by atoms with E-state index in [-0.39, 0.29) is 5.78 Å². The second-order valence-corrected chi connectivity index (χ2v) is 7.77. The Kier molecular flexibility index (Phi) is 11.0. The van der Waals surface area contributed by atoms with Crippen molar-refractivity contribution >= 4 is 12.1 Å². The second kappa shape index (κ2) is 14.0. The normalized spacial score (nSPS) is 11.1. The van der Waals surface area contributed by atoms with E-state index in [1.807, 2.05) is 6.07 Å². The minimum atomic E-state index is -0.0460. The Labute approximate surface area is 196 Å². The molecule has 0 fully saturated rings. The Hall–Kier alpha value is -3.28. The predicted molar refractivity (Wildman–Crippen MR) is 131 cm³/mol. The van der Waals surface area contributed by atoms with E-state index in [2.05, 4.69) is 12.2 Å². The SMILES string of the molecule is CCCCCC/C(=C/C(=O)c1ccc(OC)cc1)NCCc1cc(OC)c(OC)cc1C=O. The van der Waals surface area contributed by atoms with E-state index < -0.39 is 0 Å². The fourth-order valence-electron chi connectivity index (χ4n) is 3.57. The molecule has 6 heteroatoms. The summed E-state index contributed by atoms with van der Waals surface area (Å²) >= 11 is 0. The molecule has 2 aromatic rings. The first-order chi connectivity index (χ1) is 16.1. The molecule has 0 aliphatic carbocycles. The summed E-state index contributed by atoms with van der Waals surface area (Å²) in [6.07, 6.45) is 8.38. The van der Waals surface area contributed by atoms with Crippen molar-refractivity contribution in [2.24, 2.45) is 0 Å². The summed E-state index contributed by atoms with van der Waals surface area (Å²) < 4.78 is 15.8. The Balaban J connectivity index is 2.12. The topological polar surface area (TPSA) is 73.9 Å². The number of allylic oxidation sites excluding steroid dienone is 2.